The van der Waals surface area contributed by atoms with Crippen molar-refractivity contribution < 1.29 is 9.18 Å². The van der Waals surface area contributed by atoms with Gasteiger partial charge in [-0.25, -0.2) is 4.39 Å². The molecular weight excluding hydrogens is 361 g/mol. The van der Waals surface area contributed by atoms with E-state index in [-0.39, 0.29) is 18.4 Å². The van der Waals surface area contributed by atoms with Crippen LogP contribution in [0, 0.1) is 5.92 Å². The summed E-state index contributed by atoms with van der Waals surface area (Å²) in [5, 5.41) is 2.58. The van der Waals surface area contributed by atoms with E-state index in [1.165, 1.54) is 44.9 Å². The highest BCUT2D eigenvalue weighted by Gasteiger charge is 2.10. The molecule has 0 saturated carbocycles. The molecule has 1 N–H and O–H groups in total. The summed E-state index contributed by atoms with van der Waals surface area (Å²) in [6.07, 6.45) is 31.7. The van der Waals surface area contributed by atoms with E-state index in [0.29, 0.717) is 0 Å². The van der Waals surface area contributed by atoms with E-state index in [0.717, 1.165) is 32.1 Å². The second-order valence-corrected chi connectivity index (χ2v) is 7.61. The van der Waals surface area contributed by atoms with Gasteiger partial charge in [0.15, 0.2) is 0 Å². The third kappa shape index (κ3) is 20.9. The van der Waals surface area contributed by atoms with Crippen molar-refractivity contribution in [1.29, 1.82) is 0 Å². The predicted molar refractivity (Wildman–Crippen MR) is 126 cm³/mol. The number of halogens is 1. The van der Waals surface area contributed by atoms with Crippen molar-refractivity contribution in [1.82, 2.24) is 5.32 Å². The summed E-state index contributed by atoms with van der Waals surface area (Å²) in [6.45, 7) is 3.76. The van der Waals surface area contributed by atoms with Crippen LogP contribution >= 0.6 is 0 Å². The average Bonchev–Trinajstić information content (AvgIpc) is 2.73. The highest BCUT2D eigenvalue weighted by molar-refractivity contribution is 5.78. The minimum atomic E-state index is -0.504. The lowest BCUT2D eigenvalue weighted by Crippen LogP contribution is -2.30. The molecule has 2 nitrogen and oxygen atoms in total. The number of carbonyl (C=O) groups is 1. The number of rotatable bonds is 19. The molecule has 0 saturated heterocycles. The molecule has 0 aromatic rings. The smallest absolute Gasteiger partial charge is 0.222 e. The number of amides is 1. The predicted octanol–water partition coefficient (Wildman–Crippen LogP) is 7.63. The van der Waals surface area contributed by atoms with Crippen LogP contribution in [0.15, 0.2) is 48.6 Å². The van der Waals surface area contributed by atoms with Gasteiger partial charge in [-0.2, -0.15) is 0 Å². The Morgan fingerprint density at radius 2 is 1.31 bits per heavy atom. The summed E-state index contributed by atoms with van der Waals surface area (Å²) in [6, 6.07) is 0. The van der Waals surface area contributed by atoms with Gasteiger partial charge >= 0.3 is 0 Å². The maximum absolute atomic E-state index is 12.0. The van der Waals surface area contributed by atoms with E-state index in [2.05, 4.69) is 60.8 Å². The summed E-state index contributed by atoms with van der Waals surface area (Å²) in [4.78, 5) is 11.6. The van der Waals surface area contributed by atoms with Gasteiger partial charge in [-0.15, -0.1) is 0 Å². The number of carbonyl (C=O) groups excluding carboxylic acids is 1. The van der Waals surface area contributed by atoms with Crippen LogP contribution < -0.4 is 5.32 Å². The molecule has 0 radical (unpaired) electrons. The Kier molecular flexibility index (Phi) is 21.4. The molecular formula is C26H44FNO. The Labute approximate surface area is 179 Å². The highest BCUT2D eigenvalue weighted by Crippen LogP contribution is 2.08. The zero-order chi connectivity index (χ0) is 21.4. The summed E-state index contributed by atoms with van der Waals surface area (Å²) in [5.74, 6) is -0.119. The van der Waals surface area contributed by atoms with Crippen LogP contribution in [-0.2, 0) is 4.79 Å². The first-order valence-electron chi connectivity index (χ1n) is 11.7. The Bertz CT molecular complexity index is 479. The number of hydrogen-bond acceptors (Lipinski definition) is 1. The Hall–Kier alpha value is -1.64. The van der Waals surface area contributed by atoms with Gasteiger partial charge in [0.25, 0.3) is 0 Å². The van der Waals surface area contributed by atoms with E-state index in [1.807, 2.05) is 6.92 Å². The Balaban J connectivity index is 3.53. The third-order valence-electron chi connectivity index (χ3n) is 4.82. The van der Waals surface area contributed by atoms with E-state index in [1.54, 1.807) is 0 Å². The standard InChI is InChI=1S/C26H44FNO/c1-3-4-5-6-7-8-9-10-11-12-13-14-15-16-17-18-19-20-21-22-25(2)26(29)28-24-23-27/h10-11,13-14,16-17,19-20,25H,3-9,12,15,18,21-24H2,1-2H3,(H,28,29)/b11-10-,14-13-,17-16-,20-19-/t25-/m0/s1. The SMILES string of the molecule is CCCCCCCC/C=C\C/C=C\C/C=C\C/C=C\CC[C@H](C)C(=O)NCCF. The van der Waals surface area contributed by atoms with Gasteiger partial charge in [-0.3, -0.25) is 4.79 Å². The van der Waals surface area contributed by atoms with Gasteiger partial charge in [-0.05, 0) is 44.9 Å². The minimum absolute atomic E-state index is 0.0556. The van der Waals surface area contributed by atoms with E-state index in [9.17, 15) is 9.18 Å². The topological polar surface area (TPSA) is 29.1 Å². The van der Waals surface area contributed by atoms with Crippen LogP contribution in [0.4, 0.5) is 4.39 Å². The van der Waals surface area contributed by atoms with Crippen molar-refractivity contribution in [2.75, 3.05) is 13.2 Å². The second-order valence-electron chi connectivity index (χ2n) is 7.61. The maximum Gasteiger partial charge on any atom is 0.222 e. The first-order chi connectivity index (χ1) is 14.2. The zero-order valence-electron chi connectivity index (χ0n) is 18.9. The molecule has 0 rings (SSSR count). The molecule has 29 heavy (non-hydrogen) atoms. The third-order valence-corrected chi connectivity index (χ3v) is 4.82. The molecule has 1 amide bonds. The molecule has 0 aliphatic carbocycles. The van der Waals surface area contributed by atoms with E-state index >= 15 is 0 Å². The molecule has 3 heteroatoms. The van der Waals surface area contributed by atoms with Crippen LogP contribution in [0.2, 0.25) is 0 Å². The van der Waals surface area contributed by atoms with Gasteiger partial charge < -0.3 is 5.32 Å². The fraction of sp³-hybridized carbons (Fsp3) is 0.654. The number of unbranched alkanes of at least 4 members (excludes halogenated alkanes) is 6. The van der Waals surface area contributed by atoms with E-state index < -0.39 is 6.67 Å². The van der Waals surface area contributed by atoms with Gasteiger partial charge in [0, 0.05) is 12.5 Å². The van der Waals surface area contributed by atoms with Crippen molar-refractivity contribution >= 4 is 5.91 Å². The molecule has 0 aliphatic heterocycles. The second kappa shape index (κ2) is 22.6. The Morgan fingerprint density at radius 3 is 1.90 bits per heavy atom. The summed E-state index contributed by atoms with van der Waals surface area (Å²) in [5.41, 5.74) is 0. The quantitative estimate of drug-likeness (QED) is 0.174. The van der Waals surface area contributed by atoms with Crippen LogP contribution in [-0.4, -0.2) is 19.1 Å². The first-order valence-corrected chi connectivity index (χ1v) is 11.7. The molecule has 0 aromatic heterocycles. The fourth-order valence-electron chi connectivity index (χ4n) is 2.91. The number of allylic oxidation sites excluding steroid dienone is 8. The van der Waals surface area contributed by atoms with Gasteiger partial charge in [-0.1, -0.05) is 94.6 Å². The largest absolute Gasteiger partial charge is 0.353 e. The van der Waals surface area contributed by atoms with Gasteiger partial charge in [0.05, 0.1) is 0 Å². The lowest BCUT2D eigenvalue weighted by molar-refractivity contribution is -0.124. The van der Waals surface area contributed by atoms with Crippen molar-refractivity contribution in [3.63, 3.8) is 0 Å². The number of hydrogen-bond donors (Lipinski definition) is 1. The van der Waals surface area contributed by atoms with Crippen molar-refractivity contribution in [3.05, 3.63) is 48.6 Å². The van der Waals surface area contributed by atoms with Crippen LogP contribution in [0.5, 0.6) is 0 Å². The molecule has 0 spiro atoms. The van der Waals surface area contributed by atoms with Crippen LogP contribution in [0.3, 0.4) is 0 Å². The van der Waals surface area contributed by atoms with E-state index in [4.69, 9.17) is 0 Å². The lowest BCUT2D eigenvalue weighted by atomic mass is 10.0. The monoisotopic (exact) mass is 405 g/mol. The number of nitrogens with one attached hydrogen (secondary N) is 1. The molecule has 0 bridgehead atoms. The number of alkyl halides is 1. The molecule has 0 heterocycles. The maximum atomic E-state index is 12.0. The molecule has 1 atom stereocenters. The van der Waals surface area contributed by atoms with Crippen LogP contribution in [0.25, 0.3) is 0 Å². The highest BCUT2D eigenvalue weighted by atomic mass is 19.1. The molecule has 0 unspecified atom stereocenters. The molecule has 0 aromatic carbocycles. The summed E-state index contributed by atoms with van der Waals surface area (Å²) in [7, 11) is 0. The van der Waals surface area contributed by atoms with Crippen molar-refractivity contribution in [2.45, 2.75) is 90.9 Å². The average molecular weight is 406 g/mol. The molecule has 0 aliphatic rings. The van der Waals surface area contributed by atoms with Crippen molar-refractivity contribution in [3.8, 4) is 0 Å². The normalized spacial score (nSPS) is 13.3. The zero-order valence-corrected chi connectivity index (χ0v) is 18.9. The molecule has 166 valence electrons. The minimum Gasteiger partial charge on any atom is -0.353 e. The first kappa shape index (κ1) is 27.4. The summed E-state index contributed by atoms with van der Waals surface area (Å²) >= 11 is 0. The van der Waals surface area contributed by atoms with Gasteiger partial charge in [0.1, 0.15) is 6.67 Å². The summed E-state index contributed by atoms with van der Waals surface area (Å²) < 4.78 is 12.0. The lowest BCUT2D eigenvalue weighted by Gasteiger charge is -2.09. The van der Waals surface area contributed by atoms with Crippen molar-refractivity contribution in [2.24, 2.45) is 5.92 Å². The Morgan fingerprint density at radius 1 is 0.793 bits per heavy atom. The molecule has 0 fully saturated rings. The fourth-order valence-corrected chi connectivity index (χ4v) is 2.91. The van der Waals surface area contributed by atoms with Gasteiger partial charge in [0.2, 0.25) is 5.91 Å². The van der Waals surface area contributed by atoms with Crippen LogP contribution in [0.1, 0.15) is 90.9 Å².